The largest absolute Gasteiger partial charge is 0.481 e. The van der Waals surface area contributed by atoms with Gasteiger partial charge in [0.25, 0.3) is 0 Å². The van der Waals surface area contributed by atoms with Gasteiger partial charge in [-0.1, -0.05) is 32.9 Å². The average Bonchev–Trinajstić information content (AvgIpc) is 2.59. The number of fused-ring (bicyclic) bond motifs is 1. The van der Waals surface area contributed by atoms with Gasteiger partial charge in [-0.05, 0) is 48.3 Å². The molecule has 0 heterocycles. The van der Waals surface area contributed by atoms with E-state index in [9.17, 15) is 9.90 Å². The molecule has 1 spiro atoms. The molecule has 2 fully saturated rings. The minimum absolute atomic E-state index is 0.101. The van der Waals surface area contributed by atoms with Gasteiger partial charge in [-0.3, -0.25) is 4.79 Å². The minimum Gasteiger partial charge on any atom is -0.481 e. The number of aliphatic carboxylic acids is 1. The van der Waals surface area contributed by atoms with Crippen LogP contribution in [-0.4, -0.2) is 11.1 Å². The van der Waals surface area contributed by atoms with Crippen LogP contribution in [0.2, 0.25) is 0 Å². The molecule has 0 aromatic heterocycles. The Kier molecular flexibility index (Phi) is 1.97. The van der Waals surface area contributed by atoms with Crippen molar-refractivity contribution in [3.05, 3.63) is 12.2 Å². The summed E-state index contributed by atoms with van der Waals surface area (Å²) >= 11 is 0. The van der Waals surface area contributed by atoms with Gasteiger partial charge in [-0.2, -0.15) is 0 Å². The second kappa shape index (κ2) is 2.96. The van der Waals surface area contributed by atoms with Gasteiger partial charge in [-0.25, -0.2) is 0 Å². The normalized spacial score (nSPS) is 50.3. The molecule has 0 aliphatic heterocycles. The van der Waals surface area contributed by atoms with Gasteiger partial charge in [0, 0.05) is 0 Å². The molecule has 2 bridgehead atoms. The number of carboxylic acid groups (broad SMARTS) is 1. The molecule has 2 saturated carbocycles. The maximum Gasteiger partial charge on any atom is 0.314 e. The van der Waals surface area contributed by atoms with E-state index < -0.39 is 11.4 Å². The molecule has 2 nitrogen and oxygen atoms in total. The standard InChI is InChI=1S/C15H22O2/c1-10-4-5-11-13(2,3)15(12(16)17)8-6-14(10,11)7-9-15/h6,8,10-11H,4-5,7,9H2,1-3H3,(H,16,17)/t10-,11?,14+,15-/m1/s1. The van der Waals surface area contributed by atoms with E-state index in [1.807, 2.05) is 6.08 Å². The third-order valence-corrected chi connectivity index (χ3v) is 6.49. The van der Waals surface area contributed by atoms with Gasteiger partial charge in [0.2, 0.25) is 0 Å². The average molecular weight is 234 g/mol. The zero-order valence-electron chi connectivity index (χ0n) is 11.0. The number of hydrogen-bond acceptors (Lipinski definition) is 1. The van der Waals surface area contributed by atoms with E-state index in [2.05, 4.69) is 26.8 Å². The summed E-state index contributed by atoms with van der Waals surface area (Å²) in [6.45, 7) is 6.71. The van der Waals surface area contributed by atoms with Crippen LogP contribution in [0.15, 0.2) is 12.2 Å². The van der Waals surface area contributed by atoms with Gasteiger partial charge in [0.15, 0.2) is 0 Å². The molecular formula is C15H22O2. The second-order valence-corrected chi connectivity index (χ2v) is 6.97. The van der Waals surface area contributed by atoms with Gasteiger partial charge >= 0.3 is 5.97 Å². The van der Waals surface area contributed by atoms with Gasteiger partial charge < -0.3 is 5.11 Å². The minimum atomic E-state index is -0.619. The van der Waals surface area contributed by atoms with Crippen molar-refractivity contribution in [2.45, 2.75) is 46.5 Å². The Morgan fingerprint density at radius 1 is 1.24 bits per heavy atom. The first-order valence-electron chi connectivity index (χ1n) is 6.81. The molecule has 1 unspecified atom stereocenters. The lowest BCUT2D eigenvalue weighted by Crippen LogP contribution is -2.58. The molecule has 0 saturated heterocycles. The Morgan fingerprint density at radius 2 is 1.94 bits per heavy atom. The molecule has 0 aromatic carbocycles. The van der Waals surface area contributed by atoms with Crippen LogP contribution in [0.3, 0.4) is 0 Å². The Hall–Kier alpha value is -0.790. The summed E-state index contributed by atoms with van der Waals surface area (Å²) in [6, 6.07) is 0. The first-order valence-corrected chi connectivity index (χ1v) is 6.81. The number of rotatable bonds is 1. The summed E-state index contributed by atoms with van der Waals surface area (Å²) in [4.78, 5) is 11.8. The van der Waals surface area contributed by atoms with Gasteiger partial charge in [-0.15, -0.1) is 0 Å². The van der Waals surface area contributed by atoms with E-state index in [1.165, 1.54) is 12.8 Å². The van der Waals surface area contributed by atoms with Crippen LogP contribution in [0.4, 0.5) is 0 Å². The molecule has 0 radical (unpaired) electrons. The van der Waals surface area contributed by atoms with E-state index in [0.29, 0.717) is 11.3 Å². The van der Waals surface area contributed by atoms with E-state index in [4.69, 9.17) is 0 Å². The zero-order valence-corrected chi connectivity index (χ0v) is 11.0. The van der Waals surface area contributed by atoms with Crippen LogP contribution in [0, 0.1) is 28.1 Å². The first kappa shape index (κ1) is 11.3. The predicted molar refractivity (Wildman–Crippen MR) is 66.5 cm³/mol. The summed E-state index contributed by atoms with van der Waals surface area (Å²) in [5.41, 5.74) is -0.402. The highest BCUT2D eigenvalue weighted by Gasteiger charge is 2.67. The summed E-state index contributed by atoms with van der Waals surface area (Å²) in [5.74, 6) is 0.654. The van der Waals surface area contributed by atoms with Crippen molar-refractivity contribution in [3.63, 3.8) is 0 Å². The summed E-state index contributed by atoms with van der Waals surface area (Å²) in [5, 5.41) is 9.68. The molecule has 2 heteroatoms. The first-order chi connectivity index (χ1) is 7.87. The molecule has 94 valence electrons. The lowest BCUT2D eigenvalue weighted by Gasteiger charge is -2.61. The van der Waals surface area contributed by atoms with Crippen LogP contribution in [0.25, 0.3) is 0 Å². The molecular weight excluding hydrogens is 212 g/mol. The van der Waals surface area contributed by atoms with Crippen molar-refractivity contribution in [2.24, 2.45) is 28.1 Å². The topological polar surface area (TPSA) is 37.3 Å². The Bertz CT molecular complexity index is 409. The number of hydrogen-bond donors (Lipinski definition) is 1. The van der Waals surface area contributed by atoms with Crippen LogP contribution in [0.5, 0.6) is 0 Å². The third-order valence-electron chi connectivity index (χ3n) is 6.49. The van der Waals surface area contributed by atoms with Gasteiger partial charge in [0.1, 0.15) is 0 Å². The number of carbonyl (C=O) groups is 1. The smallest absolute Gasteiger partial charge is 0.314 e. The Balaban J connectivity index is 2.19. The predicted octanol–water partition coefficient (Wildman–Crippen LogP) is 3.48. The molecule has 17 heavy (non-hydrogen) atoms. The van der Waals surface area contributed by atoms with E-state index in [0.717, 1.165) is 18.8 Å². The van der Waals surface area contributed by atoms with Crippen molar-refractivity contribution < 1.29 is 9.90 Å². The number of carboxylic acids is 1. The fourth-order valence-electron chi connectivity index (χ4n) is 5.21. The van der Waals surface area contributed by atoms with Crippen molar-refractivity contribution in [3.8, 4) is 0 Å². The van der Waals surface area contributed by atoms with Crippen LogP contribution in [0.1, 0.15) is 46.5 Å². The second-order valence-electron chi connectivity index (χ2n) is 6.97. The molecule has 0 aromatic rings. The van der Waals surface area contributed by atoms with Crippen LogP contribution < -0.4 is 0 Å². The molecule has 1 N–H and O–H groups in total. The molecule has 4 rings (SSSR count). The van der Waals surface area contributed by atoms with Crippen molar-refractivity contribution in [1.82, 2.24) is 0 Å². The SMILES string of the molecule is C[C@@H]1CCC2C(C)(C)[C@]3(C(=O)O)C=C[C@@]21CC3. The highest BCUT2D eigenvalue weighted by molar-refractivity contribution is 5.79. The van der Waals surface area contributed by atoms with E-state index >= 15 is 0 Å². The summed E-state index contributed by atoms with van der Waals surface area (Å²) < 4.78 is 0. The maximum absolute atomic E-state index is 11.8. The monoisotopic (exact) mass is 234 g/mol. The van der Waals surface area contributed by atoms with Gasteiger partial charge in [0.05, 0.1) is 5.41 Å². The summed E-state index contributed by atoms with van der Waals surface area (Å²) in [7, 11) is 0. The highest BCUT2D eigenvalue weighted by Crippen LogP contribution is 2.71. The van der Waals surface area contributed by atoms with Crippen LogP contribution >= 0.6 is 0 Å². The molecule has 4 aliphatic carbocycles. The summed E-state index contributed by atoms with van der Waals surface area (Å²) in [6.07, 6.45) is 8.68. The third kappa shape index (κ3) is 1.01. The Labute approximate surface area is 103 Å². The van der Waals surface area contributed by atoms with Crippen LogP contribution in [-0.2, 0) is 4.79 Å². The quantitative estimate of drug-likeness (QED) is 0.705. The fourth-order valence-corrected chi connectivity index (χ4v) is 5.21. The van der Waals surface area contributed by atoms with E-state index in [-0.39, 0.29) is 5.41 Å². The van der Waals surface area contributed by atoms with Crippen molar-refractivity contribution in [1.29, 1.82) is 0 Å². The number of allylic oxidation sites excluding steroid dienone is 1. The molecule has 0 amide bonds. The zero-order chi connectivity index (χ0) is 12.5. The fraction of sp³-hybridized carbons (Fsp3) is 0.800. The van der Waals surface area contributed by atoms with E-state index in [1.54, 1.807) is 0 Å². The lowest BCUT2D eigenvalue weighted by atomic mass is 9.42. The molecule has 4 atom stereocenters. The Morgan fingerprint density at radius 3 is 2.47 bits per heavy atom. The van der Waals surface area contributed by atoms with Crippen molar-refractivity contribution >= 4 is 5.97 Å². The molecule has 4 aliphatic rings. The maximum atomic E-state index is 11.8. The lowest BCUT2D eigenvalue weighted by molar-refractivity contribution is -0.168. The highest BCUT2D eigenvalue weighted by atomic mass is 16.4. The van der Waals surface area contributed by atoms with Crippen molar-refractivity contribution in [2.75, 3.05) is 0 Å².